The van der Waals surface area contributed by atoms with Gasteiger partial charge in [-0.3, -0.25) is 0 Å². The topological polar surface area (TPSA) is 68.3 Å². The first-order valence-electron chi connectivity index (χ1n) is 8.12. The largest absolute Gasteiger partial charge is 0.253 e. The summed E-state index contributed by atoms with van der Waals surface area (Å²) >= 11 is 0. The first kappa shape index (κ1) is 21.9. The second kappa shape index (κ2) is 8.13. The van der Waals surface area contributed by atoms with Crippen LogP contribution in [0.4, 0.5) is 0 Å². The van der Waals surface area contributed by atoms with Crippen LogP contribution < -0.4 is 0 Å². The van der Waals surface area contributed by atoms with Crippen LogP contribution in [-0.2, 0) is 17.7 Å². The van der Waals surface area contributed by atoms with Crippen LogP contribution in [-0.4, -0.2) is 28.3 Å². The van der Waals surface area contributed by atoms with Crippen LogP contribution in [0.25, 0.3) is 0 Å². The highest BCUT2D eigenvalue weighted by Gasteiger charge is 2.28. The van der Waals surface area contributed by atoms with E-state index in [1.54, 1.807) is 0 Å². The van der Waals surface area contributed by atoms with E-state index in [1.165, 1.54) is 0 Å². The molecule has 0 aromatic carbocycles. The van der Waals surface area contributed by atoms with Crippen molar-refractivity contribution in [2.75, 3.05) is 11.5 Å². The van der Waals surface area contributed by atoms with Crippen LogP contribution in [0.15, 0.2) is 0 Å². The summed E-state index contributed by atoms with van der Waals surface area (Å²) < 4.78 is 47.9. The van der Waals surface area contributed by atoms with E-state index in [0.29, 0.717) is 12.8 Å². The summed E-state index contributed by atoms with van der Waals surface area (Å²) in [6.45, 7) is 12.5. The second-order valence-corrected chi connectivity index (χ2v) is 14.7. The average Bonchev–Trinajstić information content (AvgIpc) is 2.28. The molecule has 6 heteroatoms. The molecule has 0 saturated carbocycles. The summed E-state index contributed by atoms with van der Waals surface area (Å²) in [5.41, 5.74) is 0.297. The SMILES string of the molecule is CC(C)(C)CCCCS(=O)(=O)S(=O)(=O)CCCCC(C)(C)C. The number of unbranched alkanes of at least 4 members (excludes halogenated alkanes) is 2. The molecule has 0 amide bonds. The quantitative estimate of drug-likeness (QED) is 0.460. The van der Waals surface area contributed by atoms with Gasteiger partial charge >= 0.3 is 0 Å². The van der Waals surface area contributed by atoms with Gasteiger partial charge in [-0.15, -0.1) is 0 Å². The number of rotatable bonds is 9. The van der Waals surface area contributed by atoms with Gasteiger partial charge in [0.25, 0.3) is 17.7 Å². The predicted octanol–water partition coefficient (Wildman–Crippen LogP) is 4.16. The van der Waals surface area contributed by atoms with Gasteiger partial charge in [-0.2, -0.15) is 0 Å². The van der Waals surface area contributed by atoms with Crippen molar-refractivity contribution in [1.82, 2.24) is 0 Å². The Morgan fingerprint density at radius 1 is 0.545 bits per heavy atom. The summed E-state index contributed by atoms with van der Waals surface area (Å²) in [6.07, 6.45) is 4.11. The zero-order valence-electron chi connectivity index (χ0n) is 15.1. The lowest BCUT2D eigenvalue weighted by Gasteiger charge is -2.18. The fourth-order valence-corrected chi connectivity index (χ4v) is 5.98. The minimum absolute atomic E-state index is 0.148. The Kier molecular flexibility index (Phi) is 8.10. The van der Waals surface area contributed by atoms with Gasteiger partial charge in [0.2, 0.25) is 0 Å². The van der Waals surface area contributed by atoms with Crippen LogP contribution >= 0.6 is 0 Å². The van der Waals surface area contributed by atoms with Gasteiger partial charge in [0.1, 0.15) is 0 Å². The third kappa shape index (κ3) is 9.82. The lowest BCUT2D eigenvalue weighted by molar-refractivity contribution is 0.363. The fourth-order valence-electron chi connectivity index (χ4n) is 2.12. The molecule has 0 N–H and O–H groups in total. The molecule has 4 nitrogen and oxygen atoms in total. The smallest absolute Gasteiger partial charge is 0.213 e. The number of hydrogen-bond donors (Lipinski definition) is 0. The number of hydrogen-bond acceptors (Lipinski definition) is 4. The van der Waals surface area contributed by atoms with E-state index in [4.69, 9.17) is 0 Å². The summed E-state index contributed by atoms with van der Waals surface area (Å²) in [5.74, 6) is -0.491. The first-order valence-corrected chi connectivity index (χ1v) is 11.9. The summed E-state index contributed by atoms with van der Waals surface area (Å²) in [4.78, 5) is 0. The molecule has 0 aliphatic heterocycles. The first-order chi connectivity index (χ1) is 9.66. The van der Waals surface area contributed by atoms with Crippen molar-refractivity contribution in [3.63, 3.8) is 0 Å². The van der Waals surface area contributed by atoms with Gasteiger partial charge < -0.3 is 0 Å². The lowest BCUT2D eigenvalue weighted by Crippen LogP contribution is -2.22. The second-order valence-electron chi connectivity index (χ2n) is 8.56. The Labute approximate surface area is 137 Å². The Morgan fingerprint density at radius 2 is 0.818 bits per heavy atom. The van der Waals surface area contributed by atoms with Crippen molar-refractivity contribution in [2.24, 2.45) is 10.8 Å². The standard InChI is InChI=1S/C16H34O4S2/c1-15(2,3)11-7-9-13-21(17,18)22(19,20)14-10-8-12-16(4,5)6/h7-14H2,1-6H3. The molecule has 0 heterocycles. The maximum Gasteiger partial charge on any atom is 0.253 e. The van der Waals surface area contributed by atoms with Gasteiger partial charge in [-0.1, -0.05) is 54.4 Å². The third-order valence-electron chi connectivity index (χ3n) is 3.53. The minimum Gasteiger partial charge on any atom is -0.213 e. The van der Waals surface area contributed by atoms with Gasteiger partial charge in [-0.05, 0) is 36.5 Å². The molecule has 0 spiro atoms. The lowest BCUT2D eigenvalue weighted by atomic mass is 9.90. The highest BCUT2D eigenvalue weighted by Crippen LogP contribution is 2.23. The van der Waals surface area contributed by atoms with Crippen LogP contribution in [0.2, 0.25) is 0 Å². The molecule has 0 fully saturated rings. The Bertz CT molecular complexity index is 467. The third-order valence-corrected chi connectivity index (χ3v) is 9.20. The molecule has 0 aromatic rings. The van der Waals surface area contributed by atoms with Gasteiger partial charge in [0, 0.05) is 0 Å². The predicted molar refractivity (Wildman–Crippen MR) is 94.2 cm³/mol. The van der Waals surface area contributed by atoms with E-state index < -0.39 is 17.7 Å². The fraction of sp³-hybridized carbons (Fsp3) is 1.00. The molecule has 0 rings (SSSR count). The molecule has 0 aliphatic rings. The highest BCUT2D eigenvalue weighted by atomic mass is 33.2. The molecule has 0 unspecified atom stereocenters. The molecular weight excluding hydrogens is 320 g/mol. The van der Waals surface area contributed by atoms with Gasteiger partial charge in [0.15, 0.2) is 0 Å². The Morgan fingerprint density at radius 3 is 1.05 bits per heavy atom. The van der Waals surface area contributed by atoms with Gasteiger partial charge in [0.05, 0.1) is 11.5 Å². The van der Waals surface area contributed by atoms with E-state index in [1.807, 2.05) is 0 Å². The average molecular weight is 355 g/mol. The van der Waals surface area contributed by atoms with E-state index in [9.17, 15) is 16.8 Å². The molecular formula is C16H34O4S2. The normalized spacial score (nSPS) is 14.3. The molecule has 134 valence electrons. The molecule has 0 saturated heterocycles. The zero-order valence-corrected chi connectivity index (χ0v) is 16.7. The van der Waals surface area contributed by atoms with Gasteiger partial charge in [-0.25, -0.2) is 16.8 Å². The van der Waals surface area contributed by atoms with Crippen LogP contribution in [0.1, 0.15) is 80.1 Å². The van der Waals surface area contributed by atoms with E-state index in [-0.39, 0.29) is 22.3 Å². The van der Waals surface area contributed by atoms with E-state index in [2.05, 4.69) is 41.5 Å². The summed E-state index contributed by atoms with van der Waals surface area (Å²) in [7, 11) is -8.04. The van der Waals surface area contributed by atoms with Crippen molar-refractivity contribution in [2.45, 2.75) is 80.1 Å². The van der Waals surface area contributed by atoms with E-state index in [0.717, 1.165) is 25.7 Å². The van der Waals surface area contributed by atoms with Crippen molar-refractivity contribution in [3.8, 4) is 0 Å². The van der Waals surface area contributed by atoms with Crippen LogP contribution in [0.3, 0.4) is 0 Å². The zero-order chi connectivity index (χ0) is 17.7. The van der Waals surface area contributed by atoms with Crippen LogP contribution in [0.5, 0.6) is 0 Å². The molecule has 0 bridgehead atoms. The monoisotopic (exact) mass is 354 g/mol. The molecule has 0 atom stereocenters. The van der Waals surface area contributed by atoms with Crippen molar-refractivity contribution in [1.29, 1.82) is 0 Å². The van der Waals surface area contributed by atoms with Crippen molar-refractivity contribution >= 4 is 17.7 Å². The minimum atomic E-state index is -4.02. The summed E-state index contributed by atoms with van der Waals surface area (Å²) in [6, 6.07) is 0. The maximum absolute atomic E-state index is 12.0. The molecule has 0 aromatic heterocycles. The molecule has 0 radical (unpaired) electrons. The molecule has 22 heavy (non-hydrogen) atoms. The Balaban J connectivity index is 4.32. The van der Waals surface area contributed by atoms with Crippen LogP contribution in [0, 0.1) is 10.8 Å². The highest BCUT2D eigenvalue weighted by molar-refractivity contribution is 8.67. The maximum atomic E-state index is 12.0. The molecule has 0 aliphatic carbocycles. The summed E-state index contributed by atoms with van der Waals surface area (Å²) in [5, 5.41) is 0. The Hall–Kier alpha value is -0.100. The van der Waals surface area contributed by atoms with E-state index >= 15 is 0 Å². The van der Waals surface area contributed by atoms with Crippen molar-refractivity contribution in [3.05, 3.63) is 0 Å². The van der Waals surface area contributed by atoms with Crippen molar-refractivity contribution < 1.29 is 16.8 Å².